The van der Waals surface area contributed by atoms with Crippen LogP contribution in [0.25, 0.3) is 0 Å². The van der Waals surface area contributed by atoms with Gasteiger partial charge in [-0.3, -0.25) is 0 Å². The Balaban J connectivity index is 1.62. The number of hydrogen-bond donors (Lipinski definition) is 1. The Morgan fingerprint density at radius 2 is 2.05 bits per heavy atom. The first-order valence-corrected chi connectivity index (χ1v) is 6.84. The molecule has 100 valence electrons. The summed E-state index contributed by atoms with van der Waals surface area (Å²) >= 11 is 0. The molecule has 0 aliphatic heterocycles. The van der Waals surface area contributed by atoms with Crippen LogP contribution in [0.1, 0.15) is 32.3 Å². The van der Waals surface area contributed by atoms with Crippen molar-refractivity contribution in [1.29, 1.82) is 0 Å². The minimum atomic E-state index is 0.499. The van der Waals surface area contributed by atoms with E-state index < -0.39 is 0 Å². The van der Waals surface area contributed by atoms with Gasteiger partial charge in [-0.25, -0.2) is 9.67 Å². The molecule has 1 aliphatic rings. The zero-order chi connectivity index (χ0) is 13.3. The third-order valence-corrected chi connectivity index (χ3v) is 4.23. The highest BCUT2D eigenvalue weighted by Crippen LogP contribution is 2.48. The van der Waals surface area contributed by atoms with E-state index in [4.69, 9.17) is 0 Å². The lowest BCUT2D eigenvalue weighted by molar-refractivity contribution is 0.493. The molecule has 0 radical (unpaired) electrons. The quantitative estimate of drug-likeness (QED) is 0.894. The molecule has 1 aromatic carbocycles. The molecule has 1 aromatic heterocycles. The Hall–Kier alpha value is -1.84. The van der Waals surface area contributed by atoms with Crippen molar-refractivity contribution in [2.24, 2.45) is 5.41 Å². The van der Waals surface area contributed by atoms with Crippen molar-refractivity contribution in [2.45, 2.75) is 39.3 Å². The van der Waals surface area contributed by atoms with Crippen LogP contribution in [0.2, 0.25) is 0 Å². The fourth-order valence-corrected chi connectivity index (χ4v) is 2.26. The highest BCUT2D eigenvalue weighted by atomic mass is 15.3. The van der Waals surface area contributed by atoms with Crippen LogP contribution in [0.4, 0.5) is 5.69 Å². The Morgan fingerprint density at radius 3 is 2.63 bits per heavy atom. The largest absolute Gasteiger partial charge is 0.382 e. The van der Waals surface area contributed by atoms with E-state index in [1.54, 1.807) is 12.7 Å². The van der Waals surface area contributed by atoms with E-state index in [1.165, 1.54) is 24.1 Å². The zero-order valence-corrected chi connectivity index (χ0v) is 11.5. The number of nitrogens with zero attached hydrogens (tertiary/aromatic N) is 3. The molecule has 19 heavy (non-hydrogen) atoms. The summed E-state index contributed by atoms with van der Waals surface area (Å²) in [7, 11) is 0. The predicted octanol–water partition coefficient (Wildman–Crippen LogP) is 2.93. The molecule has 0 spiro atoms. The summed E-state index contributed by atoms with van der Waals surface area (Å²) in [5.74, 6) is 0. The fraction of sp³-hybridized carbons (Fsp3) is 0.467. The van der Waals surface area contributed by atoms with E-state index in [1.807, 2.05) is 4.68 Å². The smallest absolute Gasteiger partial charge is 0.137 e. The molecule has 0 saturated heterocycles. The molecule has 0 bridgehead atoms. The number of hydrogen-bond acceptors (Lipinski definition) is 3. The maximum atomic E-state index is 4.11. The highest BCUT2D eigenvalue weighted by Gasteiger charge is 2.42. The van der Waals surface area contributed by atoms with Crippen LogP contribution >= 0.6 is 0 Å². The summed E-state index contributed by atoms with van der Waals surface area (Å²) in [5.41, 5.74) is 2.93. The second-order valence-electron chi connectivity index (χ2n) is 5.81. The molecular weight excluding hydrogens is 236 g/mol. The van der Waals surface area contributed by atoms with Crippen molar-refractivity contribution in [3.63, 3.8) is 0 Å². The summed E-state index contributed by atoms with van der Waals surface area (Å²) in [4.78, 5) is 3.95. The number of aromatic nitrogens is 3. The first-order valence-electron chi connectivity index (χ1n) is 6.84. The normalized spacial score (nSPS) is 18.0. The first-order chi connectivity index (χ1) is 9.16. The van der Waals surface area contributed by atoms with E-state index in [9.17, 15) is 0 Å². The van der Waals surface area contributed by atoms with Crippen LogP contribution in [0.5, 0.6) is 0 Å². The molecule has 4 heteroatoms. The molecule has 1 saturated carbocycles. The van der Waals surface area contributed by atoms with Crippen LogP contribution in [0.15, 0.2) is 36.9 Å². The van der Waals surface area contributed by atoms with Gasteiger partial charge in [0.05, 0.1) is 6.54 Å². The molecule has 1 fully saturated rings. The molecule has 1 unspecified atom stereocenters. The molecular formula is C15H20N4. The zero-order valence-electron chi connectivity index (χ0n) is 11.5. The highest BCUT2D eigenvalue weighted by molar-refractivity contribution is 5.46. The molecule has 1 atom stereocenters. The van der Waals surface area contributed by atoms with Gasteiger partial charge in [0, 0.05) is 11.7 Å². The summed E-state index contributed by atoms with van der Waals surface area (Å²) in [6, 6.07) is 9.12. The summed E-state index contributed by atoms with van der Waals surface area (Å²) in [5, 5.41) is 7.71. The van der Waals surface area contributed by atoms with Gasteiger partial charge in [0.25, 0.3) is 0 Å². The summed E-state index contributed by atoms with van der Waals surface area (Å²) in [6.07, 6.45) is 5.98. The molecule has 1 aliphatic carbocycles. The molecule has 2 aromatic rings. The maximum absolute atomic E-state index is 4.11. The molecule has 1 N–H and O–H groups in total. The lowest BCUT2D eigenvalue weighted by Gasteiger charge is -2.21. The van der Waals surface area contributed by atoms with Crippen molar-refractivity contribution in [1.82, 2.24) is 14.8 Å². The van der Waals surface area contributed by atoms with Gasteiger partial charge in [0.2, 0.25) is 0 Å². The van der Waals surface area contributed by atoms with Crippen LogP contribution < -0.4 is 5.32 Å². The third-order valence-electron chi connectivity index (χ3n) is 4.23. The van der Waals surface area contributed by atoms with Crippen molar-refractivity contribution >= 4 is 5.69 Å². The summed E-state index contributed by atoms with van der Waals surface area (Å²) < 4.78 is 1.83. The fourth-order valence-electron chi connectivity index (χ4n) is 2.26. The third kappa shape index (κ3) is 2.78. The van der Waals surface area contributed by atoms with Crippen LogP contribution in [-0.2, 0) is 6.54 Å². The van der Waals surface area contributed by atoms with E-state index in [0.717, 1.165) is 6.54 Å². The Bertz CT molecular complexity index is 526. The Morgan fingerprint density at radius 1 is 1.32 bits per heavy atom. The Labute approximate surface area is 113 Å². The van der Waals surface area contributed by atoms with Gasteiger partial charge in [0.15, 0.2) is 0 Å². The van der Waals surface area contributed by atoms with Crippen LogP contribution in [0.3, 0.4) is 0 Å². The van der Waals surface area contributed by atoms with Gasteiger partial charge in [0.1, 0.15) is 12.7 Å². The van der Waals surface area contributed by atoms with Crippen molar-refractivity contribution in [3.8, 4) is 0 Å². The van der Waals surface area contributed by atoms with Gasteiger partial charge >= 0.3 is 0 Å². The van der Waals surface area contributed by atoms with Crippen molar-refractivity contribution in [2.75, 3.05) is 5.32 Å². The topological polar surface area (TPSA) is 42.7 Å². The van der Waals surface area contributed by atoms with E-state index in [-0.39, 0.29) is 0 Å². The van der Waals surface area contributed by atoms with E-state index >= 15 is 0 Å². The Kier molecular flexibility index (Phi) is 3.01. The van der Waals surface area contributed by atoms with Gasteiger partial charge in [-0.1, -0.05) is 19.1 Å². The lowest BCUT2D eigenvalue weighted by atomic mass is 10.0. The second-order valence-corrected chi connectivity index (χ2v) is 5.81. The number of benzene rings is 1. The van der Waals surface area contributed by atoms with Crippen molar-refractivity contribution in [3.05, 3.63) is 42.5 Å². The number of rotatable bonds is 5. The molecule has 4 nitrogen and oxygen atoms in total. The number of anilines is 1. The molecule has 1 heterocycles. The minimum absolute atomic E-state index is 0.499. The van der Waals surface area contributed by atoms with Gasteiger partial charge < -0.3 is 5.32 Å². The second kappa shape index (κ2) is 4.68. The average Bonchev–Trinajstić information content (AvgIpc) is 2.96. The average molecular weight is 256 g/mol. The van der Waals surface area contributed by atoms with E-state index in [0.29, 0.717) is 11.5 Å². The first kappa shape index (κ1) is 12.2. The summed E-state index contributed by atoms with van der Waals surface area (Å²) in [6.45, 7) is 5.40. The predicted molar refractivity (Wildman–Crippen MR) is 76.0 cm³/mol. The maximum Gasteiger partial charge on any atom is 0.137 e. The van der Waals surface area contributed by atoms with Crippen LogP contribution in [-0.4, -0.2) is 20.8 Å². The molecule has 3 rings (SSSR count). The van der Waals surface area contributed by atoms with Gasteiger partial charge in [-0.2, -0.15) is 5.10 Å². The monoisotopic (exact) mass is 256 g/mol. The molecule has 0 amide bonds. The van der Waals surface area contributed by atoms with Crippen LogP contribution in [0, 0.1) is 5.41 Å². The van der Waals surface area contributed by atoms with E-state index in [2.05, 4.69) is 53.5 Å². The lowest BCUT2D eigenvalue weighted by Crippen LogP contribution is -2.24. The van der Waals surface area contributed by atoms with Gasteiger partial charge in [-0.15, -0.1) is 0 Å². The van der Waals surface area contributed by atoms with Crippen molar-refractivity contribution < 1.29 is 0 Å². The standard InChI is InChI=1S/C15H20N4/c1-12(15(2)7-8-15)18-14-5-3-13(4-6-14)9-19-11-16-10-17-19/h3-6,10-12,18H,7-9H2,1-2H3. The SMILES string of the molecule is CC(Nc1ccc(Cn2cncn2)cc1)C1(C)CC1. The number of nitrogens with one attached hydrogen (secondary N) is 1. The minimum Gasteiger partial charge on any atom is -0.382 e. The van der Waals surface area contributed by atoms with Gasteiger partial charge in [-0.05, 0) is 42.9 Å².